The maximum absolute atomic E-state index is 12.5. The lowest BCUT2D eigenvalue weighted by Crippen LogP contribution is -2.31. The van der Waals surface area contributed by atoms with Crippen LogP contribution in [0.1, 0.15) is 44.7 Å². The van der Waals surface area contributed by atoms with E-state index in [0.717, 1.165) is 0 Å². The topological polar surface area (TPSA) is 17.1 Å². The Morgan fingerprint density at radius 2 is 1.50 bits per heavy atom. The van der Waals surface area contributed by atoms with E-state index < -0.39 is 0 Å². The molecule has 0 aromatic heterocycles. The Morgan fingerprint density at radius 1 is 0.944 bits per heavy atom. The molecule has 0 N–H and O–H groups in total. The van der Waals surface area contributed by atoms with Crippen LogP contribution in [0.3, 0.4) is 0 Å². The van der Waals surface area contributed by atoms with Crippen LogP contribution in [0.2, 0.25) is 0 Å². The second kappa shape index (κ2) is 3.26. The average molecular weight is 242 g/mol. The maximum Gasteiger partial charge on any atom is 0.143 e. The van der Waals surface area contributed by atoms with E-state index in [2.05, 4.69) is 58.9 Å². The van der Waals surface area contributed by atoms with Crippen molar-refractivity contribution >= 4 is 5.78 Å². The molecule has 0 spiro atoms. The molecule has 0 aliphatic heterocycles. The van der Waals surface area contributed by atoms with Crippen molar-refractivity contribution in [2.24, 2.45) is 22.7 Å². The van der Waals surface area contributed by atoms with Gasteiger partial charge < -0.3 is 0 Å². The maximum atomic E-state index is 12.5. The van der Waals surface area contributed by atoms with Gasteiger partial charge in [0.25, 0.3) is 0 Å². The van der Waals surface area contributed by atoms with Crippen LogP contribution >= 0.6 is 0 Å². The number of hydrogen-bond acceptors (Lipinski definition) is 1. The van der Waals surface area contributed by atoms with Crippen LogP contribution in [0, 0.1) is 29.6 Å². The first-order valence-corrected chi connectivity index (χ1v) is 6.89. The summed E-state index contributed by atoms with van der Waals surface area (Å²) in [6.45, 7) is 10.9. The second-order valence-electron chi connectivity index (χ2n) is 7.30. The van der Waals surface area contributed by atoms with E-state index in [4.69, 9.17) is 0 Å². The molecule has 1 aromatic carbocycles. The van der Waals surface area contributed by atoms with E-state index in [9.17, 15) is 4.79 Å². The molecule has 2 fully saturated rings. The normalized spacial score (nSPS) is 35.4. The fraction of sp³-hybridized carbons (Fsp3) is 0.588. The number of hydrogen-bond donors (Lipinski definition) is 0. The Morgan fingerprint density at radius 3 is 2.00 bits per heavy atom. The second-order valence-corrected chi connectivity index (χ2v) is 7.30. The summed E-state index contributed by atoms with van der Waals surface area (Å²) in [5, 5.41) is 0. The molecule has 0 heterocycles. The van der Waals surface area contributed by atoms with Crippen molar-refractivity contribution in [1.29, 1.82) is 0 Å². The molecule has 0 amide bonds. The van der Waals surface area contributed by atoms with Crippen molar-refractivity contribution in [3.63, 3.8) is 0 Å². The molecule has 96 valence electrons. The molecule has 0 bridgehead atoms. The first-order valence-electron chi connectivity index (χ1n) is 6.89. The zero-order valence-corrected chi connectivity index (χ0v) is 11.9. The van der Waals surface area contributed by atoms with Gasteiger partial charge in [-0.05, 0) is 29.7 Å². The first-order chi connectivity index (χ1) is 8.28. The highest BCUT2D eigenvalue weighted by Crippen LogP contribution is 2.74. The first kappa shape index (κ1) is 12.0. The molecular weight excluding hydrogens is 220 g/mol. The lowest BCUT2D eigenvalue weighted by molar-refractivity contribution is -0.128. The summed E-state index contributed by atoms with van der Waals surface area (Å²) in [7, 11) is 0. The molecule has 2 saturated carbocycles. The monoisotopic (exact) mass is 242 g/mol. The number of rotatable bonds is 1. The number of carbonyl (C=O) groups excluding carboxylic acids is 1. The molecule has 2 aliphatic carbocycles. The zero-order chi connectivity index (χ0) is 13.3. The van der Waals surface area contributed by atoms with Gasteiger partial charge >= 0.3 is 0 Å². The van der Waals surface area contributed by atoms with Crippen molar-refractivity contribution < 1.29 is 4.79 Å². The molecule has 3 rings (SSSR count). The van der Waals surface area contributed by atoms with Crippen LogP contribution < -0.4 is 0 Å². The Hall–Kier alpha value is -1.11. The standard InChI is InChI=1S/C17H22O/c1-10-6-8-11(9-7-10)12-13-14(16(13,2)3)15(18)17(12,4)5/h6-9,12-14H,1-5H3. The number of Topliss-reactive ketones (excluding diaryl/α,β-unsaturated/α-hetero) is 1. The quantitative estimate of drug-likeness (QED) is 0.728. The lowest BCUT2D eigenvalue weighted by atomic mass is 9.70. The molecule has 18 heavy (non-hydrogen) atoms. The molecule has 3 atom stereocenters. The minimum Gasteiger partial charge on any atom is -0.299 e. The summed E-state index contributed by atoms with van der Waals surface area (Å²) in [6.07, 6.45) is 0. The zero-order valence-electron chi connectivity index (χ0n) is 11.9. The number of aryl methyl sites for hydroxylation is 1. The largest absolute Gasteiger partial charge is 0.299 e. The Kier molecular flexibility index (Phi) is 2.16. The van der Waals surface area contributed by atoms with Gasteiger partial charge in [-0.25, -0.2) is 0 Å². The van der Waals surface area contributed by atoms with Gasteiger partial charge in [-0.2, -0.15) is 0 Å². The smallest absolute Gasteiger partial charge is 0.143 e. The van der Waals surface area contributed by atoms with Crippen LogP contribution in [0.5, 0.6) is 0 Å². The van der Waals surface area contributed by atoms with Crippen LogP contribution in [-0.2, 0) is 4.79 Å². The SMILES string of the molecule is Cc1ccc(C2C3C(C(=O)C2(C)C)C3(C)C)cc1. The summed E-state index contributed by atoms with van der Waals surface area (Å²) in [6, 6.07) is 8.76. The van der Waals surface area contributed by atoms with Gasteiger partial charge in [0.15, 0.2) is 0 Å². The van der Waals surface area contributed by atoms with Gasteiger partial charge in [-0.1, -0.05) is 57.5 Å². The molecule has 3 unspecified atom stereocenters. The van der Waals surface area contributed by atoms with Gasteiger partial charge in [-0.15, -0.1) is 0 Å². The van der Waals surface area contributed by atoms with Crippen LogP contribution in [0.15, 0.2) is 24.3 Å². The predicted octanol–water partition coefficient (Wildman–Crippen LogP) is 3.96. The third kappa shape index (κ3) is 1.31. The number of benzene rings is 1. The molecule has 0 saturated heterocycles. The van der Waals surface area contributed by atoms with Crippen molar-refractivity contribution in [1.82, 2.24) is 0 Å². The summed E-state index contributed by atoms with van der Waals surface area (Å²) < 4.78 is 0. The van der Waals surface area contributed by atoms with Crippen LogP contribution in [-0.4, -0.2) is 5.78 Å². The van der Waals surface area contributed by atoms with E-state index in [-0.39, 0.29) is 10.8 Å². The molecule has 1 aromatic rings. The number of fused-ring (bicyclic) bond motifs is 1. The van der Waals surface area contributed by atoms with Crippen molar-refractivity contribution in [3.05, 3.63) is 35.4 Å². The fourth-order valence-electron chi connectivity index (χ4n) is 4.20. The lowest BCUT2D eigenvalue weighted by Gasteiger charge is -2.32. The van der Waals surface area contributed by atoms with E-state index in [1.165, 1.54) is 11.1 Å². The summed E-state index contributed by atoms with van der Waals surface area (Å²) in [4.78, 5) is 12.5. The van der Waals surface area contributed by atoms with Crippen molar-refractivity contribution in [3.8, 4) is 0 Å². The predicted molar refractivity (Wildman–Crippen MR) is 73.5 cm³/mol. The fourth-order valence-corrected chi connectivity index (χ4v) is 4.20. The summed E-state index contributed by atoms with van der Waals surface area (Å²) in [5.74, 6) is 1.70. The summed E-state index contributed by atoms with van der Waals surface area (Å²) >= 11 is 0. The van der Waals surface area contributed by atoms with E-state index >= 15 is 0 Å². The average Bonchev–Trinajstić information content (AvgIpc) is 2.73. The highest BCUT2D eigenvalue weighted by atomic mass is 16.1. The van der Waals surface area contributed by atoms with Crippen LogP contribution in [0.4, 0.5) is 0 Å². The molecule has 1 heteroatoms. The number of ketones is 1. The minimum atomic E-state index is -0.194. The van der Waals surface area contributed by atoms with Crippen LogP contribution in [0.25, 0.3) is 0 Å². The Bertz CT molecular complexity index is 507. The Balaban J connectivity index is 2.05. The van der Waals surface area contributed by atoms with Crippen molar-refractivity contribution in [2.75, 3.05) is 0 Å². The number of carbonyl (C=O) groups is 1. The highest BCUT2D eigenvalue weighted by Gasteiger charge is 2.74. The molecular formula is C17H22O. The van der Waals surface area contributed by atoms with Crippen molar-refractivity contribution in [2.45, 2.75) is 40.5 Å². The van der Waals surface area contributed by atoms with Gasteiger partial charge in [0.2, 0.25) is 0 Å². The van der Waals surface area contributed by atoms with Gasteiger partial charge in [0, 0.05) is 11.3 Å². The van der Waals surface area contributed by atoms with Gasteiger partial charge in [0.05, 0.1) is 0 Å². The minimum absolute atomic E-state index is 0.194. The van der Waals surface area contributed by atoms with Gasteiger partial charge in [-0.3, -0.25) is 4.79 Å². The molecule has 2 aliphatic rings. The highest BCUT2D eigenvalue weighted by molar-refractivity contribution is 5.94. The summed E-state index contributed by atoms with van der Waals surface area (Å²) in [5.41, 5.74) is 2.65. The molecule has 1 nitrogen and oxygen atoms in total. The molecule has 0 radical (unpaired) electrons. The van der Waals surface area contributed by atoms with E-state index in [1.807, 2.05) is 0 Å². The third-order valence-electron chi connectivity index (χ3n) is 5.40. The third-order valence-corrected chi connectivity index (χ3v) is 5.40. The Labute approximate surface area is 110 Å². The van der Waals surface area contributed by atoms with E-state index in [1.54, 1.807) is 0 Å². The van der Waals surface area contributed by atoms with E-state index in [0.29, 0.717) is 23.5 Å². The van der Waals surface area contributed by atoms with Gasteiger partial charge in [0.1, 0.15) is 5.78 Å².